The summed E-state index contributed by atoms with van der Waals surface area (Å²) in [6.07, 6.45) is 3.59. The number of thiazole rings is 1. The second-order valence-corrected chi connectivity index (χ2v) is 6.75. The highest BCUT2D eigenvalue weighted by Gasteiger charge is 2.17. The molecule has 0 aliphatic rings. The molecule has 0 amide bonds. The molecule has 2 rings (SSSR count). The highest BCUT2D eigenvalue weighted by molar-refractivity contribution is 14.0. The molecule has 0 aliphatic heterocycles. The largest absolute Gasteiger partial charge is 0.468 e. The third kappa shape index (κ3) is 6.40. The number of guanidine groups is 1. The van der Waals surface area contributed by atoms with Crippen LogP contribution in [0.1, 0.15) is 28.6 Å². The molecule has 0 aromatic carbocycles. The van der Waals surface area contributed by atoms with Crippen LogP contribution in [0.15, 0.2) is 34.0 Å². The van der Waals surface area contributed by atoms with Crippen molar-refractivity contribution in [1.82, 2.24) is 20.5 Å². The Kier molecular flexibility index (Phi) is 9.30. The summed E-state index contributed by atoms with van der Waals surface area (Å²) < 4.78 is 5.53. The van der Waals surface area contributed by atoms with Crippen LogP contribution in [0.3, 0.4) is 0 Å². The van der Waals surface area contributed by atoms with Gasteiger partial charge in [-0.05, 0) is 40.1 Å². The molecule has 6 nitrogen and oxygen atoms in total. The number of hydrogen-bond donors (Lipinski definition) is 2. The average molecular weight is 463 g/mol. The number of nitrogens with one attached hydrogen (secondary N) is 2. The van der Waals surface area contributed by atoms with Crippen LogP contribution >= 0.6 is 35.3 Å². The fraction of sp³-hybridized carbons (Fsp3) is 0.500. The third-order valence-electron chi connectivity index (χ3n) is 3.34. The number of aromatic nitrogens is 1. The van der Waals surface area contributed by atoms with Gasteiger partial charge in [0.05, 0.1) is 18.8 Å². The van der Waals surface area contributed by atoms with Gasteiger partial charge in [-0.25, -0.2) is 9.98 Å². The van der Waals surface area contributed by atoms with Gasteiger partial charge in [-0.2, -0.15) is 0 Å². The maximum Gasteiger partial charge on any atom is 0.191 e. The van der Waals surface area contributed by atoms with Gasteiger partial charge in [0.25, 0.3) is 0 Å². The van der Waals surface area contributed by atoms with Crippen molar-refractivity contribution >= 4 is 41.3 Å². The first-order valence-corrected chi connectivity index (χ1v) is 8.55. The smallest absolute Gasteiger partial charge is 0.191 e. The molecule has 2 aromatic rings. The van der Waals surface area contributed by atoms with Crippen LogP contribution in [0.4, 0.5) is 0 Å². The maximum atomic E-state index is 5.53. The Morgan fingerprint density at radius 2 is 2.21 bits per heavy atom. The Bertz CT molecular complexity index is 612. The number of furan rings is 1. The third-order valence-corrected chi connectivity index (χ3v) is 4.24. The van der Waals surface area contributed by atoms with Crippen LogP contribution in [0, 0.1) is 6.92 Å². The van der Waals surface area contributed by atoms with Gasteiger partial charge in [0.15, 0.2) is 5.96 Å². The highest BCUT2D eigenvalue weighted by Crippen LogP contribution is 2.17. The van der Waals surface area contributed by atoms with Crippen molar-refractivity contribution in [3.8, 4) is 0 Å². The molecule has 24 heavy (non-hydrogen) atoms. The quantitative estimate of drug-likeness (QED) is 0.376. The van der Waals surface area contributed by atoms with E-state index in [1.54, 1.807) is 17.6 Å². The van der Waals surface area contributed by atoms with Gasteiger partial charge in [-0.1, -0.05) is 0 Å². The van der Waals surface area contributed by atoms with Crippen molar-refractivity contribution < 1.29 is 4.42 Å². The zero-order valence-electron chi connectivity index (χ0n) is 14.6. The van der Waals surface area contributed by atoms with E-state index in [4.69, 9.17) is 4.42 Å². The summed E-state index contributed by atoms with van der Waals surface area (Å²) in [5, 5.41) is 7.67. The van der Waals surface area contributed by atoms with E-state index in [0.717, 1.165) is 23.3 Å². The predicted molar refractivity (Wildman–Crippen MR) is 110 cm³/mol. The molecule has 1 atom stereocenters. The summed E-state index contributed by atoms with van der Waals surface area (Å²) in [6.45, 7) is 6.22. The van der Waals surface area contributed by atoms with Gasteiger partial charge in [0.1, 0.15) is 10.8 Å². The number of halogens is 1. The highest BCUT2D eigenvalue weighted by atomic mass is 127. The first-order chi connectivity index (χ1) is 11.1. The van der Waals surface area contributed by atoms with Gasteiger partial charge in [-0.3, -0.25) is 4.90 Å². The van der Waals surface area contributed by atoms with Gasteiger partial charge >= 0.3 is 0 Å². The fourth-order valence-electron chi connectivity index (χ4n) is 2.17. The first kappa shape index (κ1) is 20.9. The van der Waals surface area contributed by atoms with E-state index in [9.17, 15) is 0 Å². The number of likely N-dealkylation sites (N-methyl/N-ethyl adjacent to an activating group) is 1. The predicted octanol–water partition coefficient (Wildman–Crippen LogP) is 3.02. The standard InChI is InChI=1S/C16H25N5OS.HI/c1-5-17-16(20-11-15-18-9-12(2)23-15)19-10-13(21(3)4)14-7-6-8-22-14;/h6-9,13H,5,10-11H2,1-4H3,(H2,17,19,20);1H. The number of nitrogens with zero attached hydrogens (tertiary/aromatic N) is 3. The number of aryl methyl sites for hydroxylation is 1. The molecule has 0 aliphatic carbocycles. The van der Waals surface area contributed by atoms with Crippen LogP contribution in [-0.4, -0.2) is 43.0 Å². The minimum absolute atomic E-state index is 0. The molecule has 0 radical (unpaired) electrons. The lowest BCUT2D eigenvalue weighted by Crippen LogP contribution is -2.41. The lowest BCUT2D eigenvalue weighted by molar-refractivity contribution is 0.258. The van der Waals surface area contributed by atoms with E-state index < -0.39 is 0 Å². The lowest BCUT2D eigenvalue weighted by Gasteiger charge is -2.23. The molecule has 2 heterocycles. The average Bonchev–Trinajstić information content (AvgIpc) is 3.16. The number of rotatable bonds is 7. The zero-order chi connectivity index (χ0) is 16.7. The monoisotopic (exact) mass is 463 g/mol. The topological polar surface area (TPSA) is 65.7 Å². The summed E-state index contributed by atoms with van der Waals surface area (Å²) >= 11 is 1.68. The van der Waals surface area contributed by atoms with E-state index in [2.05, 4.69) is 39.4 Å². The molecule has 8 heteroatoms. The summed E-state index contributed by atoms with van der Waals surface area (Å²) in [4.78, 5) is 12.3. The second-order valence-electron chi connectivity index (χ2n) is 5.44. The Labute approximate surface area is 164 Å². The summed E-state index contributed by atoms with van der Waals surface area (Å²) in [5.41, 5.74) is 0. The van der Waals surface area contributed by atoms with Crippen molar-refractivity contribution in [2.24, 2.45) is 4.99 Å². The van der Waals surface area contributed by atoms with Crippen molar-refractivity contribution in [1.29, 1.82) is 0 Å². The summed E-state index contributed by atoms with van der Waals surface area (Å²) in [5.74, 6) is 1.73. The Morgan fingerprint density at radius 3 is 2.75 bits per heavy atom. The van der Waals surface area contributed by atoms with E-state index in [1.807, 2.05) is 32.4 Å². The summed E-state index contributed by atoms with van der Waals surface area (Å²) in [6, 6.07) is 4.06. The molecule has 2 N–H and O–H groups in total. The molecule has 134 valence electrons. The molecule has 0 fully saturated rings. The van der Waals surface area contributed by atoms with Gasteiger partial charge < -0.3 is 15.1 Å². The second kappa shape index (κ2) is 10.7. The van der Waals surface area contributed by atoms with Gasteiger partial charge in [-0.15, -0.1) is 35.3 Å². The van der Waals surface area contributed by atoms with Crippen LogP contribution < -0.4 is 10.6 Å². The molecule has 2 aromatic heterocycles. The molecular formula is C16H26IN5OS. The minimum Gasteiger partial charge on any atom is -0.468 e. The van der Waals surface area contributed by atoms with E-state index in [-0.39, 0.29) is 30.0 Å². The Hall–Kier alpha value is -1.13. The van der Waals surface area contributed by atoms with E-state index >= 15 is 0 Å². The number of hydrogen-bond acceptors (Lipinski definition) is 5. The molecular weight excluding hydrogens is 437 g/mol. The SMILES string of the molecule is CCNC(=NCc1ncc(C)s1)NCC(c1ccco1)N(C)C.I. The lowest BCUT2D eigenvalue weighted by atomic mass is 10.2. The zero-order valence-corrected chi connectivity index (χ0v) is 17.7. The van der Waals surface area contributed by atoms with Gasteiger partial charge in [0.2, 0.25) is 0 Å². The van der Waals surface area contributed by atoms with Crippen LogP contribution in [0.5, 0.6) is 0 Å². The van der Waals surface area contributed by atoms with E-state index in [0.29, 0.717) is 13.1 Å². The van der Waals surface area contributed by atoms with Crippen molar-refractivity contribution in [3.05, 3.63) is 40.2 Å². The minimum atomic E-state index is 0. The normalized spacial score (nSPS) is 12.8. The van der Waals surface area contributed by atoms with Crippen LogP contribution in [-0.2, 0) is 6.54 Å². The van der Waals surface area contributed by atoms with Crippen LogP contribution in [0.25, 0.3) is 0 Å². The maximum absolute atomic E-state index is 5.53. The molecule has 0 saturated heterocycles. The Morgan fingerprint density at radius 1 is 1.42 bits per heavy atom. The van der Waals surface area contributed by atoms with E-state index in [1.165, 1.54) is 4.88 Å². The van der Waals surface area contributed by atoms with Crippen molar-refractivity contribution in [3.63, 3.8) is 0 Å². The van der Waals surface area contributed by atoms with Crippen molar-refractivity contribution in [2.45, 2.75) is 26.4 Å². The summed E-state index contributed by atoms with van der Waals surface area (Å²) in [7, 11) is 4.08. The van der Waals surface area contributed by atoms with Crippen molar-refractivity contribution in [2.75, 3.05) is 27.2 Å². The van der Waals surface area contributed by atoms with Gasteiger partial charge in [0, 0.05) is 24.2 Å². The molecule has 0 spiro atoms. The number of aliphatic imine (C=N–C) groups is 1. The van der Waals surface area contributed by atoms with Crippen LogP contribution in [0.2, 0.25) is 0 Å². The fourth-order valence-corrected chi connectivity index (χ4v) is 2.89. The molecule has 0 bridgehead atoms. The molecule has 1 unspecified atom stereocenters. The molecule has 0 saturated carbocycles. The Balaban J connectivity index is 0.00000288. The first-order valence-electron chi connectivity index (χ1n) is 7.73.